The zero-order valence-electron chi connectivity index (χ0n) is 9.51. The van der Waals surface area contributed by atoms with Crippen molar-refractivity contribution < 1.29 is 9.36 Å². The van der Waals surface area contributed by atoms with Gasteiger partial charge in [-0.25, -0.2) is 0 Å². The van der Waals surface area contributed by atoms with E-state index in [4.69, 9.17) is 0 Å². The smallest absolute Gasteiger partial charge is 0.194 e. The maximum absolute atomic E-state index is 12.3. The fourth-order valence-electron chi connectivity index (χ4n) is 1.78. The average Bonchev–Trinajstić information content (AvgIpc) is 2.38. The molecule has 0 saturated carbocycles. The summed E-state index contributed by atoms with van der Waals surface area (Å²) in [7, 11) is -1.09. The number of hydrogen-bond donors (Lipinski definition) is 0. The fourth-order valence-corrected chi connectivity index (χ4v) is 2.32. The van der Waals surface area contributed by atoms with E-state index in [0.717, 1.165) is 5.56 Å². The Hall–Kier alpha value is -1.66. The second-order valence-corrected chi connectivity index (χ2v) is 4.71. The van der Waals surface area contributed by atoms with Gasteiger partial charge in [0.1, 0.15) is 0 Å². The second-order valence-electron chi connectivity index (χ2n) is 3.85. The van der Waals surface area contributed by atoms with E-state index in [0.29, 0.717) is 16.4 Å². The van der Waals surface area contributed by atoms with Crippen molar-refractivity contribution in [1.29, 1.82) is 0 Å². The molecule has 1 atom stereocenters. The van der Waals surface area contributed by atoms with Gasteiger partial charge in [0, 0.05) is 16.4 Å². The lowest BCUT2D eigenvalue weighted by Crippen LogP contribution is -2.12. The number of benzene rings is 2. The molecule has 0 saturated heterocycles. The van der Waals surface area contributed by atoms with E-state index in [2.05, 4.69) is 0 Å². The molecule has 0 bridgehead atoms. The van der Waals surface area contributed by atoms with Gasteiger partial charge in [-0.15, -0.1) is 0 Å². The number of carbonyl (C=O) groups is 1. The molecule has 2 nitrogen and oxygen atoms in total. The maximum atomic E-state index is 12.3. The summed E-state index contributed by atoms with van der Waals surface area (Å²) < 4.78 is 11.1. The molecule has 0 aliphatic carbocycles. The van der Waals surface area contributed by atoms with E-state index < -0.39 is 8.46 Å². The summed E-state index contributed by atoms with van der Waals surface area (Å²) in [5.74, 6) is -0.0537. The van der Waals surface area contributed by atoms with Crippen LogP contribution >= 0.6 is 8.46 Å². The minimum atomic E-state index is -1.09. The van der Waals surface area contributed by atoms with Crippen molar-refractivity contribution in [1.82, 2.24) is 0 Å². The van der Waals surface area contributed by atoms with Gasteiger partial charge < -0.3 is 4.57 Å². The van der Waals surface area contributed by atoms with Crippen LogP contribution < -0.4 is 5.30 Å². The van der Waals surface area contributed by atoms with Gasteiger partial charge in [0.2, 0.25) is 0 Å². The molecule has 0 spiro atoms. The molecule has 0 amide bonds. The van der Waals surface area contributed by atoms with Crippen LogP contribution in [0.1, 0.15) is 21.5 Å². The third kappa shape index (κ3) is 2.37. The molecule has 1 unspecified atom stereocenters. The predicted molar refractivity (Wildman–Crippen MR) is 71.1 cm³/mol. The van der Waals surface area contributed by atoms with Crippen molar-refractivity contribution >= 4 is 19.5 Å². The number of rotatable bonds is 3. The number of aryl methyl sites for hydroxylation is 1. The molecule has 3 heteroatoms. The molecule has 0 aliphatic heterocycles. The lowest BCUT2D eigenvalue weighted by Gasteiger charge is -2.06. The first-order valence-electron chi connectivity index (χ1n) is 5.38. The molecule has 0 aliphatic rings. The third-order valence-electron chi connectivity index (χ3n) is 2.72. The molecule has 0 N–H and O–H groups in total. The maximum Gasteiger partial charge on any atom is 0.194 e. The molecule has 2 rings (SSSR count). The molecular formula is C14H13O2P. The highest BCUT2D eigenvalue weighted by atomic mass is 31.1. The van der Waals surface area contributed by atoms with Crippen LogP contribution in [0.5, 0.6) is 0 Å². The van der Waals surface area contributed by atoms with Crippen LogP contribution in [0.15, 0.2) is 48.5 Å². The molecule has 86 valence electrons. The molecule has 17 heavy (non-hydrogen) atoms. The Labute approximate surface area is 101 Å². The number of ketones is 1. The molecular weight excluding hydrogens is 231 g/mol. The third-order valence-corrected chi connectivity index (χ3v) is 3.48. The topological polar surface area (TPSA) is 34.1 Å². The van der Waals surface area contributed by atoms with E-state index in [1.54, 1.807) is 30.3 Å². The first-order valence-corrected chi connectivity index (χ1v) is 6.43. The summed E-state index contributed by atoms with van der Waals surface area (Å²) in [5, 5.41) is 0.640. The molecule has 2 aromatic carbocycles. The molecule has 0 heterocycles. The molecule has 0 fully saturated rings. The van der Waals surface area contributed by atoms with Gasteiger partial charge >= 0.3 is 0 Å². The van der Waals surface area contributed by atoms with E-state index in [9.17, 15) is 9.36 Å². The van der Waals surface area contributed by atoms with Crippen LogP contribution in [0, 0.1) is 6.92 Å². The highest BCUT2D eigenvalue weighted by Crippen LogP contribution is 2.14. The summed E-state index contributed by atoms with van der Waals surface area (Å²) >= 11 is 0. The van der Waals surface area contributed by atoms with Crippen molar-refractivity contribution in [2.24, 2.45) is 0 Å². The number of carbonyl (C=O) groups excluding carboxylic acids is 1. The summed E-state index contributed by atoms with van der Waals surface area (Å²) in [4.78, 5) is 12.3. The highest BCUT2D eigenvalue weighted by molar-refractivity contribution is 7.34. The number of hydrogen-bond acceptors (Lipinski definition) is 2. The van der Waals surface area contributed by atoms with Gasteiger partial charge in [-0.2, -0.15) is 0 Å². The zero-order chi connectivity index (χ0) is 12.3. The van der Waals surface area contributed by atoms with Crippen LogP contribution in [0.2, 0.25) is 0 Å². The first-order chi connectivity index (χ1) is 8.24. The van der Waals surface area contributed by atoms with Crippen molar-refractivity contribution in [3.8, 4) is 0 Å². The summed E-state index contributed by atoms with van der Waals surface area (Å²) in [6.45, 7) is 1.90. The minimum Gasteiger partial charge on any atom is -0.325 e. The predicted octanol–water partition coefficient (Wildman–Crippen LogP) is 2.61. The highest BCUT2D eigenvalue weighted by Gasteiger charge is 2.13. The van der Waals surface area contributed by atoms with Crippen molar-refractivity contribution in [2.45, 2.75) is 6.92 Å². The van der Waals surface area contributed by atoms with Crippen LogP contribution in [-0.2, 0) is 4.57 Å². The molecule has 0 aromatic heterocycles. The molecule has 2 aromatic rings. The Kier molecular flexibility index (Phi) is 3.55. The Balaban J connectivity index is 2.51. The second kappa shape index (κ2) is 5.11. The lowest BCUT2D eigenvalue weighted by molar-refractivity contribution is 0.103. The minimum absolute atomic E-state index is 0.0537. The monoisotopic (exact) mass is 244 g/mol. The van der Waals surface area contributed by atoms with E-state index >= 15 is 0 Å². The van der Waals surface area contributed by atoms with E-state index in [1.807, 2.05) is 25.1 Å². The average molecular weight is 244 g/mol. The standard InChI is InChI=1S/C14H13O2P/c1-10-6-2-3-7-11(10)14(15)12-8-4-5-9-13(12)17-16/h2-9H,17H2,1H3. The van der Waals surface area contributed by atoms with Gasteiger partial charge in [0.15, 0.2) is 5.78 Å². The normalized spacial score (nSPS) is 10.9. The first kappa shape index (κ1) is 11.8. The summed E-state index contributed by atoms with van der Waals surface area (Å²) in [5.41, 5.74) is 2.16. The van der Waals surface area contributed by atoms with Crippen LogP contribution in [0.4, 0.5) is 0 Å². The summed E-state index contributed by atoms with van der Waals surface area (Å²) in [6, 6.07) is 14.5. The van der Waals surface area contributed by atoms with Gasteiger partial charge in [-0.1, -0.05) is 48.5 Å². The largest absolute Gasteiger partial charge is 0.325 e. The van der Waals surface area contributed by atoms with E-state index in [-0.39, 0.29) is 5.78 Å². The lowest BCUT2D eigenvalue weighted by atomic mass is 9.99. The Morgan fingerprint density at radius 2 is 1.53 bits per heavy atom. The SMILES string of the molecule is Cc1ccccc1C(=O)c1ccccc1[PH2]=O. The Morgan fingerprint density at radius 1 is 0.941 bits per heavy atom. The Bertz CT molecular complexity index is 576. The van der Waals surface area contributed by atoms with Gasteiger partial charge in [0.05, 0.1) is 8.46 Å². The van der Waals surface area contributed by atoms with Crippen molar-refractivity contribution in [3.05, 3.63) is 65.2 Å². The quantitative estimate of drug-likeness (QED) is 0.614. The van der Waals surface area contributed by atoms with Crippen LogP contribution in [-0.4, -0.2) is 5.78 Å². The summed E-state index contributed by atoms with van der Waals surface area (Å²) in [6.07, 6.45) is 0. The van der Waals surface area contributed by atoms with Crippen molar-refractivity contribution in [2.75, 3.05) is 0 Å². The Morgan fingerprint density at radius 3 is 2.18 bits per heavy atom. The fraction of sp³-hybridized carbons (Fsp3) is 0.0714. The van der Waals surface area contributed by atoms with E-state index in [1.165, 1.54) is 0 Å². The zero-order valence-corrected chi connectivity index (χ0v) is 10.7. The van der Waals surface area contributed by atoms with Gasteiger partial charge in [-0.05, 0) is 12.5 Å². The van der Waals surface area contributed by atoms with Crippen LogP contribution in [0.3, 0.4) is 0 Å². The van der Waals surface area contributed by atoms with Crippen molar-refractivity contribution in [3.63, 3.8) is 0 Å². The van der Waals surface area contributed by atoms with Gasteiger partial charge in [0.25, 0.3) is 0 Å². The molecule has 0 radical (unpaired) electrons. The van der Waals surface area contributed by atoms with Gasteiger partial charge in [-0.3, -0.25) is 4.79 Å². The van der Waals surface area contributed by atoms with Crippen LogP contribution in [0.25, 0.3) is 0 Å².